The zero-order valence-corrected chi connectivity index (χ0v) is 15.1. The molecular formula is C17H22N4O3S. The molecule has 1 atom stereocenters. The number of aromatic amines is 1. The number of para-hydroxylation sites is 1. The standard InChI is InChI=1S/C17H22N4O3S/c1-11-16(12(2)20-19-11)25-15-6-4-3-5-14(15)18-17(23)21-7-8-24-10-13(22)9-21/h3-6,13,22H,7-10H2,1-2H3,(H,18,23)(H,19,20)/t13-/m0/s1. The van der Waals surface area contributed by atoms with Crippen molar-refractivity contribution in [2.75, 3.05) is 31.6 Å². The van der Waals surface area contributed by atoms with Gasteiger partial charge in [-0.25, -0.2) is 4.79 Å². The molecule has 2 heterocycles. The first kappa shape index (κ1) is 17.8. The van der Waals surface area contributed by atoms with Crippen molar-refractivity contribution >= 4 is 23.5 Å². The third kappa shape index (κ3) is 4.33. The number of nitrogens with zero attached hydrogens (tertiary/aromatic N) is 2. The summed E-state index contributed by atoms with van der Waals surface area (Å²) in [7, 11) is 0. The molecule has 1 aromatic heterocycles. The molecule has 3 rings (SSSR count). The van der Waals surface area contributed by atoms with E-state index in [1.807, 2.05) is 38.1 Å². The summed E-state index contributed by atoms with van der Waals surface area (Å²) in [5.74, 6) is 0. The Bertz CT molecular complexity index is 730. The first-order valence-corrected chi connectivity index (χ1v) is 8.96. The number of β-amino-alcohol motifs (C(OH)–C–C–N with tert-alkyl or cyclic N) is 1. The molecule has 0 bridgehead atoms. The molecule has 2 amide bonds. The minimum absolute atomic E-state index is 0.238. The molecule has 134 valence electrons. The number of hydrogen-bond donors (Lipinski definition) is 3. The number of aryl methyl sites for hydroxylation is 2. The van der Waals surface area contributed by atoms with Gasteiger partial charge >= 0.3 is 6.03 Å². The summed E-state index contributed by atoms with van der Waals surface area (Å²) < 4.78 is 5.27. The quantitative estimate of drug-likeness (QED) is 0.780. The molecule has 1 aliphatic rings. The fourth-order valence-electron chi connectivity index (χ4n) is 2.63. The van der Waals surface area contributed by atoms with Crippen LogP contribution in [0.2, 0.25) is 0 Å². The lowest BCUT2D eigenvalue weighted by Crippen LogP contribution is -2.40. The Kier molecular flexibility index (Phi) is 5.62. The molecule has 0 unspecified atom stereocenters. The van der Waals surface area contributed by atoms with Gasteiger partial charge in [-0.1, -0.05) is 23.9 Å². The van der Waals surface area contributed by atoms with Crippen LogP contribution < -0.4 is 5.32 Å². The number of aliphatic hydroxyl groups is 1. The van der Waals surface area contributed by atoms with Crippen LogP contribution >= 0.6 is 11.8 Å². The minimum Gasteiger partial charge on any atom is -0.389 e. The lowest BCUT2D eigenvalue weighted by atomic mass is 10.3. The Balaban J connectivity index is 1.75. The number of anilines is 1. The van der Waals surface area contributed by atoms with E-state index in [0.717, 1.165) is 26.9 Å². The lowest BCUT2D eigenvalue weighted by Gasteiger charge is -2.22. The van der Waals surface area contributed by atoms with Crippen LogP contribution in [0.1, 0.15) is 11.4 Å². The second-order valence-electron chi connectivity index (χ2n) is 5.97. The molecule has 25 heavy (non-hydrogen) atoms. The highest BCUT2D eigenvalue weighted by molar-refractivity contribution is 7.99. The maximum absolute atomic E-state index is 12.6. The third-order valence-electron chi connectivity index (χ3n) is 3.94. The summed E-state index contributed by atoms with van der Waals surface area (Å²) in [5.41, 5.74) is 2.66. The zero-order valence-electron chi connectivity index (χ0n) is 14.3. The minimum atomic E-state index is -0.658. The zero-order chi connectivity index (χ0) is 17.8. The average Bonchev–Trinajstić information content (AvgIpc) is 2.79. The van der Waals surface area contributed by atoms with E-state index in [1.54, 1.807) is 16.7 Å². The van der Waals surface area contributed by atoms with Gasteiger partial charge in [0, 0.05) is 17.1 Å². The Morgan fingerprint density at radius 1 is 1.44 bits per heavy atom. The number of aromatic nitrogens is 2. The van der Waals surface area contributed by atoms with E-state index < -0.39 is 6.10 Å². The second kappa shape index (κ2) is 7.90. The molecule has 0 radical (unpaired) electrons. The topological polar surface area (TPSA) is 90.5 Å². The van der Waals surface area contributed by atoms with Gasteiger partial charge < -0.3 is 20.1 Å². The molecule has 0 saturated carbocycles. The average molecular weight is 362 g/mol. The van der Waals surface area contributed by atoms with Crippen molar-refractivity contribution in [2.45, 2.75) is 29.7 Å². The Labute approximate surface area is 150 Å². The van der Waals surface area contributed by atoms with Gasteiger partial charge in [0.15, 0.2) is 0 Å². The molecule has 2 aromatic rings. The summed E-state index contributed by atoms with van der Waals surface area (Å²) in [4.78, 5) is 16.1. The van der Waals surface area contributed by atoms with E-state index in [-0.39, 0.29) is 19.2 Å². The number of nitrogens with one attached hydrogen (secondary N) is 2. The molecule has 1 aliphatic heterocycles. The largest absolute Gasteiger partial charge is 0.389 e. The first-order chi connectivity index (χ1) is 12.0. The Morgan fingerprint density at radius 3 is 3.00 bits per heavy atom. The SMILES string of the molecule is Cc1n[nH]c(C)c1Sc1ccccc1NC(=O)N1CCOC[C@@H](O)C1. The van der Waals surface area contributed by atoms with Gasteiger partial charge in [-0.15, -0.1) is 0 Å². The highest BCUT2D eigenvalue weighted by Crippen LogP contribution is 2.36. The van der Waals surface area contributed by atoms with Crippen molar-refractivity contribution in [1.29, 1.82) is 0 Å². The number of amides is 2. The molecule has 3 N–H and O–H groups in total. The first-order valence-electron chi connectivity index (χ1n) is 8.15. The van der Waals surface area contributed by atoms with E-state index in [2.05, 4.69) is 15.5 Å². The number of benzene rings is 1. The maximum Gasteiger partial charge on any atom is 0.322 e. The van der Waals surface area contributed by atoms with Gasteiger partial charge in [0.1, 0.15) is 0 Å². The molecule has 0 aliphatic carbocycles. The Hall–Kier alpha value is -2.03. The monoisotopic (exact) mass is 362 g/mol. The van der Waals surface area contributed by atoms with Crippen molar-refractivity contribution in [3.8, 4) is 0 Å². The van der Waals surface area contributed by atoms with Crippen molar-refractivity contribution in [3.63, 3.8) is 0 Å². The number of ether oxygens (including phenoxy) is 1. The van der Waals surface area contributed by atoms with Crippen molar-refractivity contribution in [1.82, 2.24) is 15.1 Å². The van der Waals surface area contributed by atoms with Crippen molar-refractivity contribution in [2.24, 2.45) is 0 Å². The Morgan fingerprint density at radius 2 is 2.24 bits per heavy atom. The molecular weight excluding hydrogens is 340 g/mol. The van der Waals surface area contributed by atoms with Crippen molar-refractivity contribution in [3.05, 3.63) is 35.7 Å². The molecule has 7 nitrogen and oxygen atoms in total. The second-order valence-corrected chi connectivity index (χ2v) is 7.02. The van der Waals surface area contributed by atoms with Crippen LogP contribution in [-0.4, -0.2) is 58.6 Å². The van der Waals surface area contributed by atoms with Gasteiger partial charge in [-0.2, -0.15) is 5.10 Å². The van der Waals surface area contributed by atoms with Gasteiger partial charge in [-0.3, -0.25) is 5.10 Å². The number of rotatable bonds is 3. The summed E-state index contributed by atoms with van der Waals surface area (Å²) in [6, 6.07) is 7.42. The number of hydrogen-bond acceptors (Lipinski definition) is 5. The van der Waals surface area contributed by atoms with Crippen LogP contribution in [-0.2, 0) is 4.74 Å². The normalized spacial score (nSPS) is 18.0. The molecule has 1 saturated heterocycles. The van der Waals surface area contributed by atoms with Crippen LogP contribution in [0.3, 0.4) is 0 Å². The van der Waals surface area contributed by atoms with Crippen molar-refractivity contribution < 1.29 is 14.6 Å². The number of aliphatic hydroxyl groups excluding tert-OH is 1. The van der Waals surface area contributed by atoms with Crippen LogP contribution in [0.4, 0.5) is 10.5 Å². The summed E-state index contributed by atoms with van der Waals surface area (Å²) in [5, 5.41) is 19.9. The highest BCUT2D eigenvalue weighted by Gasteiger charge is 2.22. The van der Waals surface area contributed by atoms with Crippen LogP contribution in [0.25, 0.3) is 0 Å². The number of H-pyrrole nitrogens is 1. The third-order valence-corrected chi connectivity index (χ3v) is 5.32. The molecule has 0 spiro atoms. The van der Waals surface area contributed by atoms with Crippen LogP contribution in [0.5, 0.6) is 0 Å². The van der Waals surface area contributed by atoms with E-state index in [4.69, 9.17) is 4.74 Å². The van der Waals surface area contributed by atoms with Crippen LogP contribution in [0.15, 0.2) is 34.1 Å². The fourth-order valence-corrected chi connectivity index (χ4v) is 3.62. The highest BCUT2D eigenvalue weighted by atomic mass is 32.2. The van der Waals surface area contributed by atoms with Crippen LogP contribution in [0, 0.1) is 13.8 Å². The van der Waals surface area contributed by atoms with E-state index in [1.165, 1.54) is 0 Å². The smallest absolute Gasteiger partial charge is 0.322 e. The van der Waals surface area contributed by atoms with Gasteiger partial charge in [0.25, 0.3) is 0 Å². The van der Waals surface area contributed by atoms with Gasteiger partial charge in [0.2, 0.25) is 0 Å². The maximum atomic E-state index is 12.6. The van der Waals surface area contributed by atoms with Gasteiger partial charge in [-0.05, 0) is 26.0 Å². The van der Waals surface area contributed by atoms with E-state index in [9.17, 15) is 9.90 Å². The molecule has 1 aromatic carbocycles. The molecule has 1 fully saturated rings. The summed E-state index contributed by atoms with van der Waals surface area (Å²) >= 11 is 1.57. The fraction of sp³-hybridized carbons (Fsp3) is 0.412. The predicted molar refractivity (Wildman–Crippen MR) is 96.0 cm³/mol. The summed E-state index contributed by atoms with van der Waals surface area (Å²) in [6.07, 6.45) is -0.658. The number of carbonyl (C=O) groups excluding carboxylic acids is 1. The van der Waals surface area contributed by atoms with E-state index in [0.29, 0.717) is 13.2 Å². The van der Waals surface area contributed by atoms with Gasteiger partial charge in [0.05, 0.1) is 42.1 Å². The summed E-state index contributed by atoms with van der Waals surface area (Å²) in [6.45, 7) is 5.33. The predicted octanol–water partition coefficient (Wildman–Crippen LogP) is 2.40. The van der Waals surface area contributed by atoms with E-state index >= 15 is 0 Å². The molecule has 8 heteroatoms. The lowest BCUT2D eigenvalue weighted by molar-refractivity contribution is 0.0575. The number of urea groups is 1. The number of carbonyl (C=O) groups is 1.